The normalized spacial score (nSPS) is 9.84. The molecule has 6 heteroatoms. The van der Waals surface area contributed by atoms with Crippen LogP contribution in [0.3, 0.4) is 0 Å². The van der Waals surface area contributed by atoms with Gasteiger partial charge in [0.15, 0.2) is 0 Å². The number of anilines is 1. The molecule has 1 amide bonds. The highest BCUT2D eigenvalue weighted by molar-refractivity contribution is 7.12. The van der Waals surface area contributed by atoms with Gasteiger partial charge in [0, 0.05) is 18.7 Å². The number of amides is 1. The molecule has 0 aliphatic rings. The van der Waals surface area contributed by atoms with Gasteiger partial charge >= 0.3 is 0 Å². The standard InChI is InChI=1S/C13H13N3O2S/c1-9-8-11(16(2)15-9)14-13(18)12-10(4-3-6-17)5-7-19-12/h5,7-8,17H,6H2,1-2H3,(H,14,18). The average Bonchev–Trinajstić information content (AvgIpc) is 2.94. The van der Waals surface area contributed by atoms with Gasteiger partial charge in [0.1, 0.15) is 17.3 Å². The molecule has 2 heterocycles. The lowest BCUT2D eigenvalue weighted by Gasteiger charge is -2.03. The molecule has 2 rings (SSSR count). The van der Waals surface area contributed by atoms with Crippen molar-refractivity contribution in [2.24, 2.45) is 7.05 Å². The van der Waals surface area contributed by atoms with E-state index in [2.05, 4.69) is 22.3 Å². The molecule has 0 saturated carbocycles. The fourth-order valence-corrected chi connectivity index (χ4v) is 2.36. The van der Waals surface area contributed by atoms with Crippen LogP contribution in [0.15, 0.2) is 17.5 Å². The van der Waals surface area contributed by atoms with Crippen molar-refractivity contribution >= 4 is 23.1 Å². The summed E-state index contributed by atoms with van der Waals surface area (Å²) >= 11 is 1.31. The van der Waals surface area contributed by atoms with Crippen molar-refractivity contribution in [3.63, 3.8) is 0 Å². The Morgan fingerprint density at radius 2 is 2.42 bits per heavy atom. The molecule has 98 valence electrons. The number of carbonyl (C=O) groups is 1. The second-order valence-electron chi connectivity index (χ2n) is 3.87. The molecular formula is C13H13N3O2S. The number of aryl methyl sites for hydroxylation is 2. The van der Waals surface area contributed by atoms with Crippen molar-refractivity contribution in [2.75, 3.05) is 11.9 Å². The molecule has 2 aromatic heterocycles. The lowest BCUT2D eigenvalue weighted by molar-refractivity contribution is 0.102. The number of thiophene rings is 1. The fraction of sp³-hybridized carbons (Fsp3) is 0.231. The van der Waals surface area contributed by atoms with Crippen LogP contribution in [0, 0.1) is 18.8 Å². The van der Waals surface area contributed by atoms with Gasteiger partial charge in [-0.25, -0.2) is 0 Å². The van der Waals surface area contributed by atoms with Crippen molar-refractivity contribution in [2.45, 2.75) is 6.92 Å². The second kappa shape index (κ2) is 5.69. The molecule has 0 saturated heterocycles. The number of nitrogens with one attached hydrogen (secondary N) is 1. The number of hydrogen-bond donors (Lipinski definition) is 2. The van der Waals surface area contributed by atoms with E-state index in [9.17, 15) is 4.79 Å². The van der Waals surface area contributed by atoms with Gasteiger partial charge in [-0.2, -0.15) is 5.10 Å². The Morgan fingerprint density at radius 3 is 3.05 bits per heavy atom. The predicted octanol–water partition coefficient (Wildman–Crippen LogP) is 1.39. The summed E-state index contributed by atoms with van der Waals surface area (Å²) in [4.78, 5) is 12.7. The summed E-state index contributed by atoms with van der Waals surface area (Å²) in [5.74, 6) is 5.71. The molecular weight excluding hydrogens is 262 g/mol. The molecule has 0 bridgehead atoms. The van der Waals surface area contributed by atoms with Crippen LogP contribution in [-0.4, -0.2) is 27.4 Å². The molecule has 0 fully saturated rings. The molecule has 0 aromatic carbocycles. The maximum atomic E-state index is 12.1. The van der Waals surface area contributed by atoms with E-state index in [1.807, 2.05) is 6.92 Å². The van der Waals surface area contributed by atoms with Crippen LogP contribution in [0.25, 0.3) is 0 Å². The van der Waals surface area contributed by atoms with Crippen LogP contribution in [0.4, 0.5) is 5.82 Å². The molecule has 0 aliphatic heterocycles. The maximum Gasteiger partial charge on any atom is 0.268 e. The van der Waals surface area contributed by atoms with Crippen LogP contribution < -0.4 is 5.32 Å². The van der Waals surface area contributed by atoms with Crippen LogP contribution >= 0.6 is 11.3 Å². The first-order valence-corrected chi connectivity index (χ1v) is 6.49. The zero-order valence-electron chi connectivity index (χ0n) is 10.6. The number of rotatable bonds is 2. The highest BCUT2D eigenvalue weighted by atomic mass is 32.1. The van der Waals surface area contributed by atoms with Crippen molar-refractivity contribution in [1.82, 2.24) is 9.78 Å². The summed E-state index contributed by atoms with van der Waals surface area (Å²) in [6.45, 7) is 1.64. The maximum absolute atomic E-state index is 12.1. The summed E-state index contributed by atoms with van der Waals surface area (Å²) in [7, 11) is 1.77. The number of nitrogens with zero attached hydrogens (tertiary/aromatic N) is 2. The third-order valence-corrected chi connectivity index (χ3v) is 3.33. The molecule has 2 aromatic rings. The first kappa shape index (κ1) is 13.3. The van der Waals surface area contributed by atoms with E-state index >= 15 is 0 Å². The Bertz CT molecular complexity index is 661. The Morgan fingerprint density at radius 1 is 1.63 bits per heavy atom. The summed E-state index contributed by atoms with van der Waals surface area (Å²) in [5, 5.41) is 17.4. The molecule has 0 aliphatic carbocycles. The number of hydrogen-bond acceptors (Lipinski definition) is 4. The molecule has 2 N–H and O–H groups in total. The zero-order valence-corrected chi connectivity index (χ0v) is 11.4. The molecule has 0 atom stereocenters. The van der Waals surface area contributed by atoms with E-state index in [4.69, 9.17) is 5.11 Å². The Balaban J connectivity index is 2.21. The minimum Gasteiger partial charge on any atom is -0.384 e. The van der Waals surface area contributed by atoms with Crippen LogP contribution in [-0.2, 0) is 7.05 Å². The quantitative estimate of drug-likeness (QED) is 0.814. The number of aliphatic hydroxyl groups is 1. The first-order valence-electron chi connectivity index (χ1n) is 5.61. The van der Waals surface area contributed by atoms with Crippen LogP contribution in [0.1, 0.15) is 20.9 Å². The number of aliphatic hydroxyl groups excluding tert-OH is 1. The summed E-state index contributed by atoms with van der Waals surface area (Å²) < 4.78 is 1.61. The van der Waals surface area contributed by atoms with Crippen molar-refractivity contribution in [3.05, 3.63) is 33.6 Å². The van der Waals surface area contributed by atoms with Crippen LogP contribution in [0.2, 0.25) is 0 Å². The average molecular weight is 275 g/mol. The minimum atomic E-state index is -0.224. The SMILES string of the molecule is Cc1cc(NC(=O)c2sccc2C#CCO)n(C)n1. The van der Waals surface area contributed by atoms with Gasteiger partial charge in [-0.3, -0.25) is 9.48 Å². The third kappa shape index (κ3) is 3.02. The van der Waals surface area contributed by atoms with E-state index in [1.54, 1.807) is 29.2 Å². The van der Waals surface area contributed by atoms with E-state index in [0.29, 0.717) is 16.3 Å². The van der Waals surface area contributed by atoms with Gasteiger partial charge in [0.25, 0.3) is 5.91 Å². The van der Waals surface area contributed by atoms with Crippen molar-refractivity contribution in [3.8, 4) is 11.8 Å². The molecule has 0 spiro atoms. The topological polar surface area (TPSA) is 67.2 Å². The zero-order chi connectivity index (χ0) is 13.8. The van der Waals surface area contributed by atoms with E-state index in [-0.39, 0.29) is 12.5 Å². The van der Waals surface area contributed by atoms with Gasteiger partial charge in [0.2, 0.25) is 0 Å². The Kier molecular flexibility index (Phi) is 4.00. The second-order valence-corrected chi connectivity index (χ2v) is 4.79. The van der Waals surface area contributed by atoms with E-state index in [0.717, 1.165) is 5.69 Å². The van der Waals surface area contributed by atoms with Gasteiger partial charge < -0.3 is 10.4 Å². The highest BCUT2D eigenvalue weighted by Crippen LogP contribution is 2.18. The fourth-order valence-electron chi connectivity index (χ4n) is 1.62. The Hall–Kier alpha value is -2.10. The third-order valence-electron chi connectivity index (χ3n) is 2.42. The largest absolute Gasteiger partial charge is 0.384 e. The summed E-state index contributed by atoms with van der Waals surface area (Å²) in [6.07, 6.45) is 0. The molecule has 0 radical (unpaired) electrons. The number of carbonyl (C=O) groups excluding carboxylic acids is 1. The van der Waals surface area contributed by atoms with E-state index in [1.165, 1.54) is 11.3 Å². The first-order chi connectivity index (χ1) is 9.11. The van der Waals surface area contributed by atoms with Gasteiger partial charge in [0.05, 0.1) is 5.69 Å². The van der Waals surface area contributed by atoms with Crippen molar-refractivity contribution < 1.29 is 9.90 Å². The smallest absolute Gasteiger partial charge is 0.268 e. The Labute approximate surface area is 114 Å². The highest BCUT2D eigenvalue weighted by Gasteiger charge is 2.14. The van der Waals surface area contributed by atoms with Crippen LogP contribution in [0.5, 0.6) is 0 Å². The monoisotopic (exact) mass is 275 g/mol. The van der Waals surface area contributed by atoms with E-state index < -0.39 is 0 Å². The summed E-state index contributed by atoms with van der Waals surface area (Å²) in [5.41, 5.74) is 1.46. The minimum absolute atomic E-state index is 0.222. The molecule has 19 heavy (non-hydrogen) atoms. The molecule has 0 unspecified atom stereocenters. The predicted molar refractivity (Wildman–Crippen MR) is 74.2 cm³/mol. The number of aromatic nitrogens is 2. The van der Waals surface area contributed by atoms with Crippen molar-refractivity contribution in [1.29, 1.82) is 0 Å². The summed E-state index contributed by atoms with van der Waals surface area (Å²) in [6, 6.07) is 3.56. The van der Waals surface area contributed by atoms with Gasteiger partial charge in [-0.15, -0.1) is 11.3 Å². The molecule has 5 nitrogen and oxygen atoms in total. The lowest BCUT2D eigenvalue weighted by atomic mass is 10.2. The lowest BCUT2D eigenvalue weighted by Crippen LogP contribution is -2.14. The van der Waals surface area contributed by atoms with Gasteiger partial charge in [-0.1, -0.05) is 11.8 Å². The van der Waals surface area contributed by atoms with Gasteiger partial charge in [-0.05, 0) is 18.4 Å².